The van der Waals surface area contributed by atoms with Gasteiger partial charge >= 0.3 is 0 Å². The van der Waals surface area contributed by atoms with Crippen molar-refractivity contribution in [1.82, 2.24) is 4.72 Å². The summed E-state index contributed by atoms with van der Waals surface area (Å²) < 4.78 is 40.1. The van der Waals surface area contributed by atoms with Gasteiger partial charge in [0, 0.05) is 6.54 Å². The lowest BCUT2D eigenvalue weighted by molar-refractivity contribution is 0.169. The highest BCUT2D eigenvalue weighted by atomic mass is 32.2. The molecule has 0 aliphatic rings. The van der Waals surface area contributed by atoms with Gasteiger partial charge in [0.25, 0.3) is 0 Å². The lowest BCUT2D eigenvalue weighted by Crippen LogP contribution is -2.27. The van der Waals surface area contributed by atoms with E-state index in [9.17, 15) is 17.9 Å². The maximum atomic E-state index is 13.5. The van der Waals surface area contributed by atoms with Crippen LogP contribution in [0.5, 0.6) is 0 Å². The Morgan fingerprint density at radius 2 is 1.87 bits per heavy atom. The minimum absolute atomic E-state index is 0.0419. The minimum atomic E-state index is -4.03. The van der Waals surface area contributed by atoms with Crippen molar-refractivity contribution in [2.75, 3.05) is 6.54 Å². The zero-order valence-corrected chi connectivity index (χ0v) is 12.9. The molecule has 0 heterocycles. The van der Waals surface area contributed by atoms with E-state index in [-0.39, 0.29) is 13.0 Å². The lowest BCUT2D eigenvalue weighted by atomic mass is 10.1. The normalized spacial score (nSPS) is 12.6. The monoisotopic (exact) mass is 334 g/mol. The van der Waals surface area contributed by atoms with Gasteiger partial charge in [-0.15, -0.1) is 0 Å². The number of hydrogen-bond acceptors (Lipinski definition) is 4. The van der Waals surface area contributed by atoms with Crippen molar-refractivity contribution in [3.05, 3.63) is 65.5 Å². The standard InChI is InChI=1S/C16H15FN2O3S/c17-14-7-4-8-16(13(14)11-18)23(21,22)19-10-9-15(20)12-5-2-1-3-6-12/h1-8,15,19-20H,9-10H2. The first-order chi connectivity index (χ1) is 11.0. The molecule has 0 saturated carbocycles. The van der Waals surface area contributed by atoms with Crippen LogP contribution in [0.3, 0.4) is 0 Å². The number of nitrogens with one attached hydrogen (secondary N) is 1. The van der Waals surface area contributed by atoms with E-state index in [2.05, 4.69) is 4.72 Å². The number of halogens is 1. The van der Waals surface area contributed by atoms with E-state index >= 15 is 0 Å². The van der Waals surface area contributed by atoms with Gasteiger partial charge in [-0.1, -0.05) is 36.4 Å². The quantitative estimate of drug-likeness (QED) is 0.846. The fourth-order valence-electron chi connectivity index (χ4n) is 2.09. The van der Waals surface area contributed by atoms with Crippen LogP contribution in [0, 0.1) is 17.1 Å². The molecule has 0 aliphatic carbocycles. The summed E-state index contributed by atoms with van der Waals surface area (Å²) in [4.78, 5) is -0.408. The first-order valence-corrected chi connectivity index (χ1v) is 8.35. The number of aliphatic hydroxyl groups is 1. The van der Waals surface area contributed by atoms with E-state index in [4.69, 9.17) is 5.26 Å². The van der Waals surface area contributed by atoms with Gasteiger partial charge in [-0.2, -0.15) is 5.26 Å². The van der Waals surface area contributed by atoms with Gasteiger partial charge in [-0.3, -0.25) is 0 Å². The smallest absolute Gasteiger partial charge is 0.241 e. The first-order valence-electron chi connectivity index (χ1n) is 6.87. The summed E-state index contributed by atoms with van der Waals surface area (Å²) in [5.74, 6) is -0.889. The number of sulfonamides is 1. The van der Waals surface area contributed by atoms with Crippen molar-refractivity contribution in [2.45, 2.75) is 17.4 Å². The highest BCUT2D eigenvalue weighted by Gasteiger charge is 2.21. The second-order valence-electron chi connectivity index (χ2n) is 4.84. The molecule has 0 fully saturated rings. The molecule has 0 saturated heterocycles. The van der Waals surface area contributed by atoms with E-state index in [0.717, 1.165) is 12.1 Å². The van der Waals surface area contributed by atoms with E-state index < -0.39 is 32.4 Å². The average molecular weight is 334 g/mol. The lowest BCUT2D eigenvalue weighted by Gasteiger charge is -2.12. The summed E-state index contributed by atoms with van der Waals surface area (Å²) in [5, 5.41) is 18.9. The Kier molecular flexibility index (Phi) is 5.45. The third kappa shape index (κ3) is 4.13. The van der Waals surface area contributed by atoms with Gasteiger partial charge in [-0.25, -0.2) is 17.5 Å². The highest BCUT2D eigenvalue weighted by Crippen LogP contribution is 2.19. The molecule has 0 aliphatic heterocycles. The molecule has 2 N–H and O–H groups in total. The van der Waals surface area contributed by atoms with Gasteiger partial charge in [0.15, 0.2) is 0 Å². The molecule has 0 bridgehead atoms. The van der Waals surface area contributed by atoms with Crippen LogP contribution < -0.4 is 4.72 Å². The van der Waals surface area contributed by atoms with Crippen molar-refractivity contribution in [1.29, 1.82) is 5.26 Å². The Morgan fingerprint density at radius 3 is 2.52 bits per heavy atom. The van der Waals surface area contributed by atoms with Crippen molar-refractivity contribution in [3.8, 4) is 6.07 Å². The summed E-state index contributed by atoms with van der Waals surface area (Å²) in [6, 6.07) is 13.8. The van der Waals surface area contributed by atoms with E-state index in [1.54, 1.807) is 30.3 Å². The van der Waals surface area contributed by atoms with Crippen molar-refractivity contribution in [3.63, 3.8) is 0 Å². The zero-order chi connectivity index (χ0) is 16.9. The molecule has 0 radical (unpaired) electrons. The maximum absolute atomic E-state index is 13.5. The topological polar surface area (TPSA) is 90.2 Å². The molecule has 0 aromatic heterocycles. The number of nitriles is 1. The fraction of sp³-hybridized carbons (Fsp3) is 0.188. The minimum Gasteiger partial charge on any atom is -0.388 e. The summed E-state index contributed by atoms with van der Waals surface area (Å²) in [5.41, 5.74) is 0.152. The Labute approximate surface area is 134 Å². The molecule has 0 amide bonds. The molecule has 1 unspecified atom stereocenters. The first kappa shape index (κ1) is 17.1. The number of nitrogens with zero attached hydrogens (tertiary/aromatic N) is 1. The Balaban J connectivity index is 2.06. The number of benzene rings is 2. The van der Waals surface area contributed by atoms with E-state index in [0.29, 0.717) is 5.56 Å². The average Bonchev–Trinajstić information content (AvgIpc) is 2.55. The molecule has 7 heteroatoms. The Hall–Kier alpha value is -2.27. The largest absolute Gasteiger partial charge is 0.388 e. The van der Waals surface area contributed by atoms with Crippen molar-refractivity contribution >= 4 is 10.0 Å². The Bertz CT molecular complexity index is 817. The van der Waals surface area contributed by atoms with Gasteiger partial charge in [0.1, 0.15) is 22.3 Å². The Morgan fingerprint density at radius 1 is 1.17 bits per heavy atom. The predicted octanol–water partition coefficient (Wildman–Crippen LogP) is 2.10. The molecule has 120 valence electrons. The molecule has 5 nitrogen and oxygen atoms in total. The number of aliphatic hydroxyl groups excluding tert-OH is 1. The highest BCUT2D eigenvalue weighted by molar-refractivity contribution is 7.89. The third-order valence-electron chi connectivity index (χ3n) is 3.27. The third-order valence-corrected chi connectivity index (χ3v) is 4.77. The van der Waals surface area contributed by atoms with E-state index in [1.807, 2.05) is 6.07 Å². The van der Waals surface area contributed by atoms with Crippen LogP contribution in [0.25, 0.3) is 0 Å². The maximum Gasteiger partial charge on any atom is 0.241 e. The molecule has 2 rings (SSSR count). The van der Waals surface area contributed by atoms with Gasteiger partial charge in [0.2, 0.25) is 10.0 Å². The van der Waals surface area contributed by atoms with Crippen LogP contribution >= 0.6 is 0 Å². The molecule has 2 aromatic carbocycles. The van der Waals surface area contributed by atoms with Crippen LogP contribution in [0.2, 0.25) is 0 Å². The molecule has 2 aromatic rings. The summed E-state index contributed by atoms with van der Waals surface area (Å²) in [6.45, 7) is -0.0419. The number of hydrogen-bond donors (Lipinski definition) is 2. The van der Waals surface area contributed by atoms with Crippen LogP contribution in [-0.2, 0) is 10.0 Å². The van der Waals surface area contributed by atoms with Crippen LogP contribution in [0.15, 0.2) is 53.4 Å². The van der Waals surface area contributed by atoms with Gasteiger partial charge < -0.3 is 5.11 Å². The molecular weight excluding hydrogens is 319 g/mol. The zero-order valence-electron chi connectivity index (χ0n) is 12.1. The van der Waals surface area contributed by atoms with Crippen LogP contribution in [-0.4, -0.2) is 20.1 Å². The predicted molar refractivity (Wildman–Crippen MR) is 82.3 cm³/mol. The second kappa shape index (κ2) is 7.33. The van der Waals surface area contributed by atoms with Crippen molar-refractivity contribution in [2.24, 2.45) is 0 Å². The summed E-state index contributed by atoms with van der Waals surface area (Å²) in [7, 11) is -4.03. The van der Waals surface area contributed by atoms with Gasteiger partial charge in [0.05, 0.1) is 6.10 Å². The SMILES string of the molecule is N#Cc1c(F)cccc1S(=O)(=O)NCCC(O)c1ccccc1. The molecular formula is C16H15FN2O3S. The summed E-state index contributed by atoms with van der Waals surface area (Å²) >= 11 is 0. The van der Waals surface area contributed by atoms with Crippen LogP contribution in [0.1, 0.15) is 23.7 Å². The van der Waals surface area contributed by atoms with E-state index in [1.165, 1.54) is 6.07 Å². The fourth-order valence-corrected chi connectivity index (χ4v) is 3.30. The molecule has 23 heavy (non-hydrogen) atoms. The summed E-state index contributed by atoms with van der Waals surface area (Å²) in [6.07, 6.45) is -0.665. The second-order valence-corrected chi connectivity index (χ2v) is 6.57. The van der Waals surface area contributed by atoms with Gasteiger partial charge in [-0.05, 0) is 24.1 Å². The van der Waals surface area contributed by atoms with Crippen molar-refractivity contribution < 1.29 is 17.9 Å². The number of rotatable bonds is 6. The molecule has 0 spiro atoms. The van der Waals surface area contributed by atoms with Crippen LogP contribution in [0.4, 0.5) is 4.39 Å². The molecule has 1 atom stereocenters.